The predicted molar refractivity (Wildman–Crippen MR) is 91.2 cm³/mol. The number of benzene rings is 2. The van der Waals surface area contributed by atoms with Crippen LogP contribution in [0.2, 0.25) is 0 Å². The summed E-state index contributed by atoms with van der Waals surface area (Å²) in [4.78, 5) is 14.2. The van der Waals surface area contributed by atoms with Crippen LogP contribution < -0.4 is 19.7 Å². The summed E-state index contributed by atoms with van der Waals surface area (Å²) >= 11 is 0. The summed E-state index contributed by atoms with van der Waals surface area (Å²) in [5, 5.41) is 2.55. The molecule has 5 nitrogen and oxygen atoms in total. The van der Waals surface area contributed by atoms with Crippen LogP contribution in [-0.4, -0.2) is 33.2 Å². The van der Waals surface area contributed by atoms with Crippen molar-refractivity contribution in [2.24, 2.45) is 0 Å². The minimum absolute atomic E-state index is 0.0738. The Labute approximate surface area is 148 Å². The van der Waals surface area contributed by atoms with Crippen molar-refractivity contribution in [1.82, 2.24) is 0 Å². The van der Waals surface area contributed by atoms with E-state index in [1.54, 1.807) is 25.1 Å². The number of alkyl halides is 3. The number of hydrogen-bond donors (Lipinski definition) is 1. The molecule has 1 heterocycles. The molecule has 0 saturated heterocycles. The lowest BCUT2D eigenvalue weighted by molar-refractivity contribution is -0.137. The van der Waals surface area contributed by atoms with E-state index < -0.39 is 17.6 Å². The molecule has 1 N–H and O–H groups in total. The van der Waals surface area contributed by atoms with Gasteiger partial charge in [0.1, 0.15) is 13.2 Å². The van der Waals surface area contributed by atoms with Gasteiger partial charge in [0.2, 0.25) is 0 Å². The molecule has 0 unspecified atom stereocenters. The number of rotatable bonds is 3. The van der Waals surface area contributed by atoms with Crippen LogP contribution in [0.4, 0.5) is 24.5 Å². The van der Waals surface area contributed by atoms with E-state index in [0.29, 0.717) is 30.4 Å². The molecule has 0 aliphatic carbocycles. The van der Waals surface area contributed by atoms with Crippen molar-refractivity contribution < 1.29 is 27.4 Å². The SMILES string of the molecule is CN(C)c1ccc(C(F)(F)F)cc1NC(=O)c1ccc2c(c1)OCCO2. The lowest BCUT2D eigenvalue weighted by atomic mass is 10.1. The molecule has 0 saturated carbocycles. The molecule has 0 bridgehead atoms. The Balaban J connectivity index is 1.90. The summed E-state index contributed by atoms with van der Waals surface area (Å²) < 4.78 is 49.8. The van der Waals surface area contributed by atoms with Crippen molar-refractivity contribution in [2.75, 3.05) is 37.5 Å². The Hall–Kier alpha value is -2.90. The number of nitrogens with one attached hydrogen (secondary N) is 1. The van der Waals surface area contributed by atoms with Gasteiger partial charge in [-0.3, -0.25) is 4.79 Å². The number of ether oxygens (including phenoxy) is 2. The van der Waals surface area contributed by atoms with Crippen LogP contribution >= 0.6 is 0 Å². The molecular formula is C18H17F3N2O3. The summed E-state index contributed by atoms with van der Waals surface area (Å²) in [6.45, 7) is 0.797. The van der Waals surface area contributed by atoms with Gasteiger partial charge in [-0.25, -0.2) is 0 Å². The molecule has 2 aromatic carbocycles. The molecule has 8 heteroatoms. The second-order valence-electron chi connectivity index (χ2n) is 5.94. The smallest absolute Gasteiger partial charge is 0.416 e. The van der Waals surface area contributed by atoms with Crippen molar-refractivity contribution in [2.45, 2.75) is 6.18 Å². The average molecular weight is 366 g/mol. The number of nitrogens with zero attached hydrogens (tertiary/aromatic N) is 1. The molecule has 0 spiro atoms. The Bertz CT molecular complexity index is 835. The second-order valence-corrected chi connectivity index (χ2v) is 5.94. The quantitative estimate of drug-likeness (QED) is 0.898. The number of halogens is 3. The molecule has 0 aromatic heterocycles. The Morgan fingerprint density at radius 1 is 1.04 bits per heavy atom. The molecule has 0 fully saturated rings. The third-order valence-electron chi connectivity index (χ3n) is 3.86. The number of amides is 1. The van der Waals surface area contributed by atoms with E-state index in [0.717, 1.165) is 12.1 Å². The monoisotopic (exact) mass is 366 g/mol. The van der Waals surface area contributed by atoms with Crippen LogP contribution in [-0.2, 0) is 6.18 Å². The van der Waals surface area contributed by atoms with Gasteiger partial charge in [0.05, 0.1) is 16.9 Å². The average Bonchev–Trinajstić information content (AvgIpc) is 2.60. The van der Waals surface area contributed by atoms with E-state index >= 15 is 0 Å². The third kappa shape index (κ3) is 3.68. The van der Waals surface area contributed by atoms with Gasteiger partial charge in [0, 0.05) is 19.7 Å². The highest BCUT2D eigenvalue weighted by molar-refractivity contribution is 6.06. The van der Waals surface area contributed by atoms with Crippen molar-refractivity contribution >= 4 is 17.3 Å². The first-order chi connectivity index (χ1) is 12.3. The number of carbonyl (C=O) groups excluding carboxylic acids is 1. The summed E-state index contributed by atoms with van der Waals surface area (Å²) in [5.74, 6) is 0.422. The van der Waals surface area contributed by atoms with Crippen molar-refractivity contribution in [3.8, 4) is 11.5 Å². The first kappa shape index (κ1) is 17.9. The fraction of sp³-hybridized carbons (Fsp3) is 0.278. The van der Waals surface area contributed by atoms with Crippen molar-refractivity contribution in [3.05, 3.63) is 47.5 Å². The molecule has 1 aliphatic rings. The highest BCUT2D eigenvalue weighted by Crippen LogP contribution is 2.35. The second kappa shape index (κ2) is 6.78. The maximum atomic E-state index is 13.0. The zero-order chi connectivity index (χ0) is 18.9. The van der Waals surface area contributed by atoms with Gasteiger partial charge in [-0.05, 0) is 36.4 Å². The highest BCUT2D eigenvalue weighted by Gasteiger charge is 2.31. The Morgan fingerprint density at radius 3 is 2.38 bits per heavy atom. The van der Waals surface area contributed by atoms with Gasteiger partial charge < -0.3 is 19.7 Å². The molecule has 0 radical (unpaired) electrons. The van der Waals surface area contributed by atoms with Crippen LogP contribution in [0.1, 0.15) is 15.9 Å². The Kier molecular flexibility index (Phi) is 4.67. The third-order valence-corrected chi connectivity index (χ3v) is 3.86. The zero-order valence-electron chi connectivity index (χ0n) is 14.2. The fourth-order valence-electron chi connectivity index (χ4n) is 2.58. The first-order valence-corrected chi connectivity index (χ1v) is 7.85. The van der Waals surface area contributed by atoms with Gasteiger partial charge in [-0.15, -0.1) is 0 Å². The van der Waals surface area contributed by atoms with E-state index in [1.165, 1.54) is 18.2 Å². The zero-order valence-corrected chi connectivity index (χ0v) is 14.2. The van der Waals surface area contributed by atoms with E-state index in [9.17, 15) is 18.0 Å². The number of anilines is 2. The molecule has 2 aromatic rings. The summed E-state index contributed by atoms with van der Waals surface area (Å²) in [5.41, 5.74) is -0.0365. The van der Waals surface area contributed by atoms with Gasteiger partial charge >= 0.3 is 6.18 Å². The maximum absolute atomic E-state index is 13.0. The van der Waals surface area contributed by atoms with Crippen LogP contribution in [0.25, 0.3) is 0 Å². The van der Waals surface area contributed by atoms with E-state index in [1.807, 2.05) is 0 Å². The van der Waals surface area contributed by atoms with Gasteiger partial charge in [0.15, 0.2) is 11.5 Å². The molecule has 0 atom stereocenters. The van der Waals surface area contributed by atoms with Gasteiger partial charge in [-0.2, -0.15) is 13.2 Å². The standard InChI is InChI=1S/C18H17F3N2O3/c1-23(2)14-5-4-12(18(19,20)21)10-13(14)22-17(24)11-3-6-15-16(9-11)26-8-7-25-15/h3-6,9-10H,7-8H2,1-2H3,(H,22,24). The minimum Gasteiger partial charge on any atom is -0.486 e. The van der Waals surface area contributed by atoms with E-state index in [4.69, 9.17) is 9.47 Å². The summed E-state index contributed by atoms with van der Waals surface area (Å²) in [7, 11) is 3.37. The van der Waals surface area contributed by atoms with Crippen molar-refractivity contribution in [3.63, 3.8) is 0 Å². The Morgan fingerprint density at radius 2 is 1.73 bits per heavy atom. The highest BCUT2D eigenvalue weighted by atomic mass is 19.4. The summed E-state index contributed by atoms with van der Waals surface area (Å²) in [6.07, 6.45) is -4.50. The molecule has 3 rings (SSSR count). The normalized spacial score (nSPS) is 13.3. The number of hydrogen-bond acceptors (Lipinski definition) is 4. The van der Waals surface area contributed by atoms with Crippen LogP contribution in [0.3, 0.4) is 0 Å². The van der Waals surface area contributed by atoms with E-state index in [2.05, 4.69) is 5.32 Å². The fourth-order valence-corrected chi connectivity index (χ4v) is 2.58. The predicted octanol–water partition coefficient (Wildman–Crippen LogP) is 3.79. The topological polar surface area (TPSA) is 50.8 Å². The van der Waals surface area contributed by atoms with Crippen LogP contribution in [0.5, 0.6) is 11.5 Å². The van der Waals surface area contributed by atoms with E-state index in [-0.39, 0.29) is 11.3 Å². The van der Waals surface area contributed by atoms with Crippen LogP contribution in [0.15, 0.2) is 36.4 Å². The molecule has 1 aliphatic heterocycles. The summed E-state index contributed by atoms with van der Waals surface area (Å²) in [6, 6.07) is 7.86. The molecule has 138 valence electrons. The minimum atomic E-state index is -4.50. The maximum Gasteiger partial charge on any atom is 0.416 e. The molecule has 1 amide bonds. The van der Waals surface area contributed by atoms with Gasteiger partial charge in [0.25, 0.3) is 5.91 Å². The largest absolute Gasteiger partial charge is 0.486 e. The lowest BCUT2D eigenvalue weighted by Gasteiger charge is -2.21. The number of carbonyl (C=O) groups is 1. The van der Waals surface area contributed by atoms with Gasteiger partial charge in [-0.1, -0.05) is 0 Å². The van der Waals surface area contributed by atoms with Crippen molar-refractivity contribution in [1.29, 1.82) is 0 Å². The first-order valence-electron chi connectivity index (χ1n) is 7.85. The van der Waals surface area contributed by atoms with Crippen LogP contribution in [0, 0.1) is 0 Å². The molecular weight excluding hydrogens is 349 g/mol. The number of fused-ring (bicyclic) bond motifs is 1. The lowest BCUT2D eigenvalue weighted by Crippen LogP contribution is -2.19. The molecule has 26 heavy (non-hydrogen) atoms.